The van der Waals surface area contributed by atoms with E-state index >= 15 is 0 Å². The number of halogens is 1. The van der Waals surface area contributed by atoms with Gasteiger partial charge in [-0.05, 0) is 70.0 Å². The van der Waals surface area contributed by atoms with Gasteiger partial charge in [-0.1, -0.05) is 33.2 Å². The second-order valence-corrected chi connectivity index (χ2v) is 7.52. The molecular weight excluding hydrogens is 416 g/mol. The first-order chi connectivity index (χ1) is 13.5. The minimum absolute atomic E-state index is 0.531. The molecule has 0 aromatic carbocycles. The predicted molar refractivity (Wildman–Crippen MR) is 115 cm³/mol. The van der Waals surface area contributed by atoms with Crippen molar-refractivity contribution in [3.63, 3.8) is 0 Å². The molecule has 0 amide bonds. The second kappa shape index (κ2) is 9.55. The van der Waals surface area contributed by atoms with E-state index < -0.39 is 0 Å². The minimum atomic E-state index is 0.531. The van der Waals surface area contributed by atoms with Crippen molar-refractivity contribution in [3.05, 3.63) is 75.8 Å². The summed E-state index contributed by atoms with van der Waals surface area (Å²) in [6, 6.07) is 15.9. The van der Waals surface area contributed by atoms with Gasteiger partial charge in [0.1, 0.15) is 12.3 Å². The first-order valence-electron chi connectivity index (χ1n) is 9.22. The van der Waals surface area contributed by atoms with Crippen LogP contribution >= 0.6 is 15.9 Å². The highest BCUT2D eigenvalue weighted by Crippen LogP contribution is 2.21. The van der Waals surface area contributed by atoms with Crippen LogP contribution in [0.3, 0.4) is 0 Å². The Morgan fingerprint density at radius 2 is 1.79 bits per heavy atom. The molecule has 0 aliphatic rings. The van der Waals surface area contributed by atoms with Crippen molar-refractivity contribution in [2.24, 2.45) is 5.16 Å². The molecule has 3 rings (SSSR count). The monoisotopic (exact) mass is 438 g/mol. The van der Waals surface area contributed by atoms with Gasteiger partial charge >= 0.3 is 0 Å². The van der Waals surface area contributed by atoms with Crippen LogP contribution in [-0.2, 0) is 11.3 Å². The van der Waals surface area contributed by atoms with Crippen LogP contribution in [0.25, 0.3) is 11.4 Å². The Morgan fingerprint density at radius 1 is 0.964 bits per heavy atom. The molecule has 0 N–H and O–H groups in total. The van der Waals surface area contributed by atoms with Crippen LogP contribution in [0.2, 0.25) is 0 Å². The fourth-order valence-corrected chi connectivity index (χ4v) is 3.32. The summed E-state index contributed by atoms with van der Waals surface area (Å²) < 4.78 is 1.01. The van der Waals surface area contributed by atoms with Crippen molar-refractivity contribution in [2.45, 2.75) is 33.6 Å². The Balaban J connectivity index is 1.55. The molecule has 0 saturated carbocycles. The summed E-state index contributed by atoms with van der Waals surface area (Å²) in [7, 11) is 0. The summed E-state index contributed by atoms with van der Waals surface area (Å²) in [4.78, 5) is 19.2. The van der Waals surface area contributed by atoms with E-state index in [1.54, 1.807) is 0 Å². The van der Waals surface area contributed by atoms with E-state index in [-0.39, 0.29) is 0 Å². The summed E-state index contributed by atoms with van der Waals surface area (Å²) >= 11 is 3.52. The van der Waals surface area contributed by atoms with Crippen LogP contribution in [0.5, 0.6) is 0 Å². The highest BCUT2D eigenvalue weighted by Gasteiger charge is 2.05. The summed E-state index contributed by atoms with van der Waals surface area (Å²) in [5.41, 5.74) is 6.31. The average molecular weight is 439 g/mol. The quantitative estimate of drug-likeness (QED) is 0.285. The average Bonchev–Trinajstić information content (AvgIpc) is 2.67. The Morgan fingerprint density at radius 3 is 2.57 bits per heavy atom. The van der Waals surface area contributed by atoms with Crippen molar-refractivity contribution in [3.8, 4) is 11.4 Å². The summed E-state index contributed by atoms with van der Waals surface area (Å²) in [5.74, 6) is 0. The predicted octanol–water partition coefficient (Wildman–Crippen LogP) is 5.29. The molecule has 3 aromatic rings. The van der Waals surface area contributed by atoms with Crippen molar-refractivity contribution in [1.29, 1.82) is 0 Å². The Kier molecular flexibility index (Phi) is 6.87. The van der Waals surface area contributed by atoms with Gasteiger partial charge in [-0.25, -0.2) is 0 Å². The lowest BCUT2D eigenvalue weighted by atomic mass is 10.2. The summed E-state index contributed by atoms with van der Waals surface area (Å²) in [6.45, 7) is 6.37. The van der Waals surface area contributed by atoms with E-state index in [2.05, 4.69) is 31.1 Å². The van der Waals surface area contributed by atoms with Gasteiger partial charge in [0.25, 0.3) is 0 Å². The summed E-state index contributed by atoms with van der Waals surface area (Å²) in [5, 5.41) is 4.17. The highest BCUT2D eigenvalue weighted by atomic mass is 79.9. The Labute approximate surface area is 174 Å². The molecule has 144 valence electrons. The van der Waals surface area contributed by atoms with Gasteiger partial charge in [0.05, 0.1) is 17.1 Å². The maximum Gasteiger partial charge on any atom is 0.117 e. The van der Waals surface area contributed by atoms with Crippen LogP contribution in [0, 0.1) is 13.8 Å². The zero-order valence-corrected chi connectivity index (χ0v) is 17.9. The first-order valence-corrected chi connectivity index (χ1v) is 10.0. The normalized spacial score (nSPS) is 11.5. The van der Waals surface area contributed by atoms with E-state index in [0.717, 1.165) is 57.2 Å². The molecule has 0 saturated heterocycles. The number of hydrogen-bond donors (Lipinski definition) is 0. The van der Waals surface area contributed by atoms with Crippen molar-refractivity contribution >= 4 is 21.6 Å². The maximum atomic E-state index is 5.46. The number of rotatable bonds is 7. The van der Waals surface area contributed by atoms with E-state index in [0.29, 0.717) is 6.61 Å². The lowest BCUT2D eigenvalue weighted by Crippen LogP contribution is -2.02. The van der Waals surface area contributed by atoms with Gasteiger partial charge in [0, 0.05) is 21.6 Å². The third-order valence-electron chi connectivity index (χ3n) is 4.12. The number of aryl methyl sites for hydroxylation is 3. The van der Waals surface area contributed by atoms with E-state index in [1.807, 2.05) is 69.3 Å². The minimum Gasteiger partial charge on any atom is -0.396 e. The number of aromatic nitrogens is 3. The standard InChI is InChI=1S/C22H23BrN4O/c1-15-7-4-10-20(24-15)17(3)27-28-12-6-9-19-8-5-11-21(26-19)22-14-18(23)13-16(2)25-22/h4-5,7-8,10-11,13-14H,6,9,12H2,1-3H3. The molecule has 3 heterocycles. The van der Waals surface area contributed by atoms with Gasteiger partial charge < -0.3 is 4.84 Å². The van der Waals surface area contributed by atoms with Crippen molar-refractivity contribution in [2.75, 3.05) is 6.61 Å². The molecule has 0 unspecified atom stereocenters. The maximum absolute atomic E-state index is 5.46. The molecule has 3 aromatic heterocycles. The van der Waals surface area contributed by atoms with Crippen molar-refractivity contribution in [1.82, 2.24) is 15.0 Å². The zero-order valence-electron chi connectivity index (χ0n) is 16.3. The molecule has 0 bridgehead atoms. The topological polar surface area (TPSA) is 60.3 Å². The zero-order chi connectivity index (χ0) is 19.9. The molecule has 6 heteroatoms. The molecule has 0 atom stereocenters. The van der Waals surface area contributed by atoms with Gasteiger partial charge in [-0.2, -0.15) is 0 Å². The smallest absolute Gasteiger partial charge is 0.117 e. The first kappa shape index (κ1) is 20.1. The number of nitrogens with zero attached hydrogens (tertiary/aromatic N) is 4. The third kappa shape index (κ3) is 5.70. The van der Waals surface area contributed by atoms with Gasteiger partial charge in [0.2, 0.25) is 0 Å². The van der Waals surface area contributed by atoms with Crippen LogP contribution in [0.15, 0.2) is 58.2 Å². The van der Waals surface area contributed by atoms with Crippen LogP contribution < -0.4 is 0 Å². The van der Waals surface area contributed by atoms with E-state index in [4.69, 9.17) is 9.82 Å². The molecule has 5 nitrogen and oxygen atoms in total. The molecule has 0 radical (unpaired) electrons. The van der Waals surface area contributed by atoms with E-state index in [1.165, 1.54) is 0 Å². The Bertz CT molecular complexity index is 968. The van der Waals surface area contributed by atoms with Crippen LogP contribution in [0.4, 0.5) is 0 Å². The molecule has 0 fully saturated rings. The molecular formula is C22H23BrN4O. The SMILES string of the molecule is CC(=NOCCCc1cccc(-c2cc(Br)cc(C)n2)n1)c1cccc(C)n1. The fourth-order valence-electron chi connectivity index (χ4n) is 2.77. The van der Waals surface area contributed by atoms with Gasteiger partial charge in [0.15, 0.2) is 0 Å². The number of pyridine rings is 3. The number of oxime groups is 1. The molecule has 0 aliphatic carbocycles. The van der Waals surface area contributed by atoms with Gasteiger partial charge in [-0.3, -0.25) is 15.0 Å². The lowest BCUT2D eigenvalue weighted by molar-refractivity contribution is 0.141. The third-order valence-corrected chi connectivity index (χ3v) is 4.57. The largest absolute Gasteiger partial charge is 0.396 e. The van der Waals surface area contributed by atoms with Crippen molar-refractivity contribution < 1.29 is 4.84 Å². The molecule has 0 spiro atoms. The lowest BCUT2D eigenvalue weighted by Gasteiger charge is -2.06. The van der Waals surface area contributed by atoms with Crippen LogP contribution in [0.1, 0.15) is 36.1 Å². The second-order valence-electron chi connectivity index (χ2n) is 6.60. The molecule has 0 aliphatic heterocycles. The summed E-state index contributed by atoms with van der Waals surface area (Å²) in [6.07, 6.45) is 1.65. The number of hydrogen-bond acceptors (Lipinski definition) is 5. The van der Waals surface area contributed by atoms with Gasteiger partial charge in [-0.15, -0.1) is 0 Å². The Hall–Kier alpha value is -2.60. The fraction of sp³-hybridized carbons (Fsp3) is 0.273. The van der Waals surface area contributed by atoms with Crippen LogP contribution in [-0.4, -0.2) is 27.3 Å². The highest BCUT2D eigenvalue weighted by molar-refractivity contribution is 9.10. The van der Waals surface area contributed by atoms with E-state index in [9.17, 15) is 0 Å². The molecule has 28 heavy (non-hydrogen) atoms.